The van der Waals surface area contributed by atoms with Crippen LogP contribution in [0.3, 0.4) is 0 Å². The molecule has 2 N–H and O–H groups in total. The minimum absolute atomic E-state index is 0.276. The fraction of sp³-hybridized carbons (Fsp3) is 0.700. The number of ether oxygens (including phenoxy) is 1. The number of alkyl halides is 3. The molecule has 17 heavy (non-hydrogen) atoms. The molecule has 0 aromatic carbocycles. The number of hydrogen-bond donors (Lipinski definition) is 1. The van der Waals surface area contributed by atoms with Gasteiger partial charge in [-0.1, -0.05) is 13.3 Å². The number of aromatic nitrogens is 1. The third kappa shape index (κ3) is 3.65. The Morgan fingerprint density at radius 3 is 2.59 bits per heavy atom. The molecule has 0 saturated carbocycles. The number of thiazole rings is 1. The molecule has 0 saturated heterocycles. The highest BCUT2D eigenvalue weighted by Crippen LogP contribution is 2.35. The van der Waals surface area contributed by atoms with Crippen LogP contribution in [0.4, 0.5) is 13.2 Å². The van der Waals surface area contributed by atoms with Crippen molar-refractivity contribution in [2.24, 2.45) is 5.73 Å². The molecule has 0 amide bonds. The molecule has 1 rings (SSSR count). The van der Waals surface area contributed by atoms with Crippen LogP contribution in [0, 0.1) is 0 Å². The summed E-state index contributed by atoms with van der Waals surface area (Å²) < 4.78 is 42.3. The molecule has 0 fully saturated rings. The van der Waals surface area contributed by atoms with Crippen molar-refractivity contribution < 1.29 is 17.9 Å². The average molecular weight is 268 g/mol. The highest BCUT2D eigenvalue weighted by molar-refractivity contribution is 7.11. The molecule has 0 aliphatic carbocycles. The van der Waals surface area contributed by atoms with Crippen molar-refractivity contribution in [1.29, 1.82) is 0 Å². The molecule has 0 aliphatic heterocycles. The van der Waals surface area contributed by atoms with Crippen LogP contribution in [0.1, 0.15) is 35.7 Å². The Labute approximate surface area is 102 Å². The van der Waals surface area contributed by atoms with Crippen LogP contribution in [0.15, 0.2) is 6.20 Å². The zero-order valence-electron chi connectivity index (χ0n) is 9.62. The highest BCUT2D eigenvalue weighted by atomic mass is 32.1. The van der Waals surface area contributed by atoms with Crippen LogP contribution < -0.4 is 5.73 Å². The summed E-state index contributed by atoms with van der Waals surface area (Å²) in [5.74, 6) is 0. The Morgan fingerprint density at radius 1 is 1.53 bits per heavy atom. The summed E-state index contributed by atoms with van der Waals surface area (Å²) in [6.07, 6.45) is -1.94. The van der Waals surface area contributed by atoms with E-state index in [4.69, 9.17) is 10.5 Å². The van der Waals surface area contributed by atoms with Crippen molar-refractivity contribution in [3.63, 3.8) is 0 Å². The fourth-order valence-corrected chi connectivity index (χ4v) is 2.32. The molecule has 98 valence electrons. The Balaban J connectivity index is 2.82. The third-order valence-corrected chi connectivity index (χ3v) is 3.51. The van der Waals surface area contributed by atoms with Gasteiger partial charge in [0.2, 0.25) is 0 Å². The smallest absolute Gasteiger partial charge is 0.379 e. The van der Waals surface area contributed by atoms with Gasteiger partial charge < -0.3 is 10.5 Å². The van der Waals surface area contributed by atoms with Gasteiger partial charge in [0, 0.05) is 18.2 Å². The van der Waals surface area contributed by atoms with Crippen LogP contribution in [0.25, 0.3) is 0 Å². The van der Waals surface area contributed by atoms with Crippen molar-refractivity contribution >= 4 is 11.3 Å². The average Bonchev–Trinajstić information content (AvgIpc) is 2.73. The van der Waals surface area contributed by atoms with E-state index in [0.29, 0.717) is 22.6 Å². The highest BCUT2D eigenvalue weighted by Gasteiger charge is 2.35. The Hall–Kier alpha value is -0.660. The lowest BCUT2D eigenvalue weighted by Gasteiger charge is -2.20. The summed E-state index contributed by atoms with van der Waals surface area (Å²) >= 11 is 0.576. The molecule has 0 spiro atoms. The largest absolute Gasteiger partial charge is 0.443 e. The van der Waals surface area contributed by atoms with Gasteiger partial charge in [-0.2, -0.15) is 13.2 Å². The minimum atomic E-state index is -4.41. The van der Waals surface area contributed by atoms with E-state index >= 15 is 0 Å². The summed E-state index contributed by atoms with van der Waals surface area (Å²) in [4.78, 5) is 3.74. The van der Waals surface area contributed by atoms with Crippen molar-refractivity contribution in [2.75, 3.05) is 7.11 Å². The van der Waals surface area contributed by atoms with Gasteiger partial charge >= 0.3 is 6.18 Å². The van der Waals surface area contributed by atoms with Crippen molar-refractivity contribution in [3.05, 3.63) is 16.1 Å². The number of nitrogens with zero attached hydrogens (tertiary/aromatic N) is 1. The first-order valence-electron chi connectivity index (χ1n) is 5.21. The second-order valence-electron chi connectivity index (χ2n) is 3.65. The number of methoxy groups -OCH3 is 1. The maximum absolute atomic E-state index is 12.4. The van der Waals surface area contributed by atoms with Crippen LogP contribution in [0.2, 0.25) is 0 Å². The van der Waals surface area contributed by atoms with Crippen LogP contribution in [0.5, 0.6) is 0 Å². The van der Waals surface area contributed by atoms with E-state index in [2.05, 4.69) is 4.98 Å². The quantitative estimate of drug-likeness (QED) is 0.893. The summed E-state index contributed by atoms with van der Waals surface area (Å²) in [7, 11) is 1.51. The zero-order valence-corrected chi connectivity index (χ0v) is 10.4. The number of hydrogen-bond acceptors (Lipinski definition) is 4. The Bertz CT molecular complexity index is 354. The zero-order chi connectivity index (χ0) is 13.1. The summed E-state index contributed by atoms with van der Waals surface area (Å²) in [5, 5.41) is -0.866. The van der Waals surface area contributed by atoms with Crippen LogP contribution in [-0.4, -0.2) is 18.2 Å². The predicted molar refractivity (Wildman–Crippen MR) is 59.7 cm³/mol. The SMILES string of the molecule is CCCC(OC)C(N)c1cnc(C(F)(F)F)s1. The lowest BCUT2D eigenvalue weighted by molar-refractivity contribution is -0.137. The van der Waals surface area contributed by atoms with Crippen molar-refractivity contribution in [2.45, 2.75) is 38.1 Å². The van der Waals surface area contributed by atoms with Gasteiger partial charge in [-0.15, -0.1) is 11.3 Å². The molecular formula is C10H15F3N2OS. The van der Waals surface area contributed by atoms with Gasteiger partial charge in [-0.3, -0.25) is 0 Å². The molecule has 0 aliphatic rings. The van der Waals surface area contributed by atoms with Gasteiger partial charge in [0.1, 0.15) is 0 Å². The maximum atomic E-state index is 12.4. The molecule has 0 bridgehead atoms. The molecule has 2 atom stereocenters. The third-order valence-electron chi connectivity index (χ3n) is 2.37. The minimum Gasteiger partial charge on any atom is -0.379 e. The standard InChI is InChI=1S/C10H15F3N2OS/c1-3-4-6(16-2)8(14)7-5-15-9(17-7)10(11,12)13/h5-6,8H,3-4,14H2,1-2H3. The van der Waals surface area contributed by atoms with Crippen molar-refractivity contribution in [3.8, 4) is 0 Å². The van der Waals surface area contributed by atoms with E-state index in [1.807, 2.05) is 6.92 Å². The molecular weight excluding hydrogens is 253 g/mol. The summed E-state index contributed by atoms with van der Waals surface area (Å²) in [6.45, 7) is 1.96. The van der Waals surface area contributed by atoms with E-state index < -0.39 is 17.2 Å². The first-order valence-corrected chi connectivity index (χ1v) is 6.03. The van der Waals surface area contributed by atoms with Gasteiger partial charge in [0.25, 0.3) is 0 Å². The maximum Gasteiger partial charge on any atom is 0.443 e. The molecule has 1 aromatic heterocycles. The Kier molecular flexibility index (Phi) is 4.91. The van der Waals surface area contributed by atoms with E-state index in [1.165, 1.54) is 13.3 Å². The van der Waals surface area contributed by atoms with Gasteiger partial charge in [-0.05, 0) is 6.42 Å². The van der Waals surface area contributed by atoms with E-state index in [9.17, 15) is 13.2 Å². The summed E-state index contributed by atoms with van der Waals surface area (Å²) in [5.41, 5.74) is 5.87. The van der Waals surface area contributed by atoms with E-state index in [-0.39, 0.29) is 6.10 Å². The predicted octanol–water partition coefficient (Wildman–Crippen LogP) is 2.98. The number of rotatable bonds is 5. The number of nitrogens with two attached hydrogens (primary N) is 1. The fourth-order valence-electron chi connectivity index (χ4n) is 1.48. The first kappa shape index (κ1) is 14.4. The molecule has 2 unspecified atom stereocenters. The van der Waals surface area contributed by atoms with Crippen LogP contribution >= 0.6 is 11.3 Å². The molecule has 1 aromatic rings. The van der Waals surface area contributed by atoms with Gasteiger partial charge in [0.05, 0.1) is 12.1 Å². The lowest BCUT2D eigenvalue weighted by Crippen LogP contribution is -2.27. The Morgan fingerprint density at radius 2 is 2.18 bits per heavy atom. The van der Waals surface area contributed by atoms with Crippen molar-refractivity contribution in [1.82, 2.24) is 4.98 Å². The monoisotopic (exact) mass is 268 g/mol. The normalized spacial score (nSPS) is 15.9. The molecule has 3 nitrogen and oxygen atoms in total. The van der Waals surface area contributed by atoms with E-state index in [1.54, 1.807) is 0 Å². The number of halogens is 3. The summed E-state index contributed by atoms with van der Waals surface area (Å²) in [6, 6.07) is -0.562. The van der Waals surface area contributed by atoms with Gasteiger partial charge in [0.15, 0.2) is 5.01 Å². The second kappa shape index (κ2) is 5.79. The molecule has 7 heteroatoms. The topological polar surface area (TPSA) is 48.1 Å². The van der Waals surface area contributed by atoms with Crippen LogP contribution in [-0.2, 0) is 10.9 Å². The molecule has 0 radical (unpaired) electrons. The van der Waals surface area contributed by atoms with E-state index in [0.717, 1.165) is 6.42 Å². The van der Waals surface area contributed by atoms with Gasteiger partial charge in [-0.25, -0.2) is 4.98 Å². The molecule has 1 heterocycles. The first-order chi connectivity index (χ1) is 7.90. The lowest BCUT2D eigenvalue weighted by atomic mass is 10.1. The second-order valence-corrected chi connectivity index (χ2v) is 4.72.